The molecule has 0 radical (unpaired) electrons. The molecule has 6 heteroatoms. The molecule has 0 aliphatic rings. The molecule has 0 fully saturated rings. The van der Waals surface area contributed by atoms with Crippen molar-refractivity contribution in [2.75, 3.05) is 6.54 Å². The number of carbonyl (C=O) groups excluding carboxylic acids is 2. The number of nitrogens with two attached hydrogens (primary N) is 1. The third-order valence-electron chi connectivity index (χ3n) is 2.07. The summed E-state index contributed by atoms with van der Waals surface area (Å²) in [7, 11) is 0. The standard InChI is InChI=1S/C10H14N2O3S/c1-5-3-7(6(2)16-5)10(15)12-4-8(13)9(11)14/h3,8,13H,4H2,1-2H3,(H2,11,14)(H,12,15). The molecule has 0 saturated carbocycles. The first-order valence-electron chi connectivity index (χ1n) is 4.74. The fraction of sp³-hybridized carbons (Fsp3) is 0.400. The quantitative estimate of drug-likeness (QED) is 0.690. The normalized spacial score (nSPS) is 12.2. The van der Waals surface area contributed by atoms with Crippen LogP contribution in [0.25, 0.3) is 0 Å². The molecule has 5 nitrogen and oxygen atoms in total. The van der Waals surface area contributed by atoms with Gasteiger partial charge >= 0.3 is 0 Å². The minimum Gasteiger partial charge on any atom is -0.381 e. The largest absolute Gasteiger partial charge is 0.381 e. The molecular weight excluding hydrogens is 228 g/mol. The average molecular weight is 242 g/mol. The van der Waals surface area contributed by atoms with Gasteiger partial charge in [-0.2, -0.15) is 0 Å². The zero-order chi connectivity index (χ0) is 12.3. The Hall–Kier alpha value is -1.40. The van der Waals surface area contributed by atoms with E-state index in [-0.39, 0.29) is 12.5 Å². The van der Waals surface area contributed by atoms with Gasteiger partial charge in [0.25, 0.3) is 5.91 Å². The maximum atomic E-state index is 11.6. The summed E-state index contributed by atoms with van der Waals surface area (Å²) in [5.74, 6) is -1.15. The number of carbonyl (C=O) groups is 2. The topological polar surface area (TPSA) is 92.4 Å². The highest BCUT2D eigenvalue weighted by molar-refractivity contribution is 7.12. The summed E-state index contributed by atoms with van der Waals surface area (Å²) in [6, 6.07) is 1.77. The van der Waals surface area contributed by atoms with Crippen LogP contribution in [0.1, 0.15) is 20.1 Å². The maximum Gasteiger partial charge on any atom is 0.252 e. The highest BCUT2D eigenvalue weighted by Crippen LogP contribution is 2.20. The summed E-state index contributed by atoms with van der Waals surface area (Å²) in [6.07, 6.45) is -1.34. The van der Waals surface area contributed by atoms with Crippen molar-refractivity contribution < 1.29 is 14.7 Å². The molecule has 1 aromatic heterocycles. The third-order valence-corrected chi connectivity index (χ3v) is 3.04. The molecule has 0 aliphatic carbocycles. The van der Waals surface area contributed by atoms with Crippen molar-refractivity contribution >= 4 is 23.2 Å². The van der Waals surface area contributed by atoms with E-state index in [0.717, 1.165) is 9.75 Å². The number of aryl methyl sites for hydroxylation is 2. The summed E-state index contributed by atoms with van der Waals surface area (Å²) in [5, 5.41) is 11.6. The van der Waals surface area contributed by atoms with Gasteiger partial charge in [0.05, 0.1) is 12.1 Å². The Balaban J connectivity index is 2.60. The molecule has 1 aromatic rings. The molecule has 0 saturated heterocycles. The first-order valence-corrected chi connectivity index (χ1v) is 5.56. The van der Waals surface area contributed by atoms with Crippen molar-refractivity contribution in [2.45, 2.75) is 20.0 Å². The lowest BCUT2D eigenvalue weighted by molar-refractivity contribution is -0.125. The summed E-state index contributed by atoms with van der Waals surface area (Å²) in [4.78, 5) is 24.1. The van der Waals surface area contributed by atoms with E-state index in [1.165, 1.54) is 11.3 Å². The molecule has 0 bridgehead atoms. The van der Waals surface area contributed by atoms with E-state index >= 15 is 0 Å². The summed E-state index contributed by atoms with van der Waals surface area (Å²) >= 11 is 1.52. The molecule has 1 rings (SSSR count). The first kappa shape index (κ1) is 12.7. The fourth-order valence-electron chi connectivity index (χ4n) is 1.24. The van der Waals surface area contributed by atoms with Gasteiger partial charge in [-0.15, -0.1) is 11.3 Å². The first-order chi connectivity index (χ1) is 7.41. The van der Waals surface area contributed by atoms with Crippen molar-refractivity contribution in [1.29, 1.82) is 0 Å². The zero-order valence-corrected chi connectivity index (χ0v) is 9.93. The highest BCUT2D eigenvalue weighted by Gasteiger charge is 2.15. The monoisotopic (exact) mass is 242 g/mol. The number of thiophene rings is 1. The van der Waals surface area contributed by atoms with Crippen LogP contribution in [0.3, 0.4) is 0 Å². The molecule has 1 unspecified atom stereocenters. The number of hydrogen-bond donors (Lipinski definition) is 3. The lowest BCUT2D eigenvalue weighted by Gasteiger charge is -2.07. The van der Waals surface area contributed by atoms with Crippen LogP contribution in [0.2, 0.25) is 0 Å². The molecule has 0 aliphatic heterocycles. The van der Waals surface area contributed by atoms with Crippen molar-refractivity contribution in [2.24, 2.45) is 5.73 Å². The highest BCUT2D eigenvalue weighted by atomic mass is 32.1. The van der Waals surface area contributed by atoms with E-state index in [4.69, 9.17) is 10.8 Å². The number of hydrogen-bond acceptors (Lipinski definition) is 4. The second-order valence-corrected chi connectivity index (χ2v) is 4.92. The molecule has 1 heterocycles. The van der Waals surface area contributed by atoms with Crippen LogP contribution in [0.4, 0.5) is 0 Å². The Morgan fingerprint density at radius 3 is 2.62 bits per heavy atom. The van der Waals surface area contributed by atoms with Crippen LogP contribution in [-0.4, -0.2) is 29.6 Å². The van der Waals surface area contributed by atoms with Crippen LogP contribution in [0.15, 0.2) is 6.07 Å². The summed E-state index contributed by atoms with van der Waals surface area (Å²) < 4.78 is 0. The number of aliphatic hydroxyl groups excluding tert-OH is 1. The minimum absolute atomic E-state index is 0.164. The van der Waals surface area contributed by atoms with E-state index in [9.17, 15) is 9.59 Å². The molecule has 4 N–H and O–H groups in total. The van der Waals surface area contributed by atoms with Crippen LogP contribution in [0.5, 0.6) is 0 Å². The van der Waals surface area contributed by atoms with Gasteiger partial charge < -0.3 is 16.2 Å². The van der Waals surface area contributed by atoms with Crippen LogP contribution >= 0.6 is 11.3 Å². The van der Waals surface area contributed by atoms with Gasteiger partial charge in [0.1, 0.15) is 6.10 Å². The van der Waals surface area contributed by atoms with Crippen LogP contribution in [-0.2, 0) is 4.79 Å². The smallest absolute Gasteiger partial charge is 0.252 e. The van der Waals surface area contributed by atoms with Gasteiger partial charge in [-0.3, -0.25) is 9.59 Å². The number of nitrogens with one attached hydrogen (secondary N) is 1. The predicted octanol–water partition coefficient (Wildman–Crippen LogP) is -0.0591. The SMILES string of the molecule is Cc1cc(C(=O)NCC(O)C(N)=O)c(C)s1. The van der Waals surface area contributed by atoms with Gasteiger partial charge in [-0.25, -0.2) is 0 Å². The Bertz CT molecular complexity index is 414. The number of aliphatic hydroxyl groups is 1. The summed E-state index contributed by atoms with van der Waals surface area (Å²) in [6.45, 7) is 3.59. The lowest BCUT2D eigenvalue weighted by Crippen LogP contribution is -2.40. The number of primary amides is 1. The summed E-state index contributed by atoms with van der Waals surface area (Å²) in [5.41, 5.74) is 5.43. The Labute approximate surface area is 97.3 Å². The van der Waals surface area contributed by atoms with Crippen molar-refractivity contribution in [3.63, 3.8) is 0 Å². The van der Waals surface area contributed by atoms with Gasteiger partial charge in [0.15, 0.2) is 0 Å². The van der Waals surface area contributed by atoms with Gasteiger partial charge in [0.2, 0.25) is 5.91 Å². The fourth-order valence-corrected chi connectivity index (χ4v) is 2.16. The van der Waals surface area contributed by atoms with Crippen LogP contribution in [0, 0.1) is 13.8 Å². The van der Waals surface area contributed by atoms with Gasteiger partial charge in [-0.1, -0.05) is 0 Å². The second-order valence-electron chi connectivity index (χ2n) is 3.46. The predicted molar refractivity (Wildman–Crippen MR) is 61.3 cm³/mol. The Kier molecular flexibility index (Phi) is 4.03. The number of rotatable bonds is 4. The minimum atomic E-state index is -1.34. The third kappa shape index (κ3) is 3.04. The molecule has 0 aromatic carbocycles. The van der Waals surface area contributed by atoms with Gasteiger partial charge in [0, 0.05) is 9.75 Å². The van der Waals surface area contributed by atoms with E-state index < -0.39 is 12.0 Å². The Morgan fingerprint density at radius 2 is 2.19 bits per heavy atom. The van der Waals surface area contributed by atoms with Crippen molar-refractivity contribution in [3.8, 4) is 0 Å². The molecule has 0 spiro atoms. The lowest BCUT2D eigenvalue weighted by atomic mass is 10.2. The van der Waals surface area contributed by atoms with E-state index in [1.807, 2.05) is 13.8 Å². The molecule has 1 atom stereocenters. The van der Waals surface area contributed by atoms with Crippen molar-refractivity contribution in [1.82, 2.24) is 5.32 Å². The van der Waals surface area contributed by atoms with E-state index in [0.29, 0.717) is 5.56 Å². The Morgan fingerprint density at radius 1 is 1.56 bits per heavy atom. The van der Waals surface area contributed by atoms with Crippen LogP contribution < -0.4 is 11.1 Å². The van der Waals surface area contributed by atoms with Crippen molar-refractivity contribution in [3.05, 3.63) is 21.4 Å². The van der Waals surface area contributed by atoms with E-state index in [2.05, 4.69) is 5.32 Å². The van der Waals surface area contributed by atoms with Gasteiger partial charge in [-0.05, 0) is 19.9 Å². The molecular formula is C10H14N2O3S. The zero-order valence-electron chi connectivity index (χ0n) is 9.11. The molecule has 2 amide bonds. The molecule has 16 heavy (non-hydrogen) atoms. The average Bonchev–Trinajstić information content (AvgIpc) is 2.53. The maximum absolute atomic E-state index is 11.6. The number of amides is 2. The second kappa shape index (κ2) is 5.09. The van der Waals surface area contributed by atoms with E-state index in [1.54, 1.807) is 6.07 Å². The molecule has 88 valence electrons.